The van der Waals surface area contributed by atoms with Crippen molar-refractivity contribution in [3.8, 4) is 11.5 Å². The molecule has 0 radical (unpaired) electrons. The number of nitrogens with zero attached hydrogens (tertiary/aromatic N) is 1. The predicted molar refractivity (Wildman–Crippen MR) is 96.1 cm³/mol. The van der Waals surface area contributed by atoms with Gasteiger partial charge in [0.15, 0.2) is 11.5 Å². The maximum Gasteiger partial charge on any atom is 0.253 e. The van der Waals surface area contributed by atoms with Crippen molar-refractivity contribution < 1.29 is 19.4 Å². The lowest BCUT2D eigenvalue weighted by Crippen LogP contribution is -2.34. The first-order chi connectivity index (χ1) is 12.6. The third-order valence-electron chi connectivity index (χ3n) is 4.28. The molecule has 3 rings (SSSR count). The van der Waals surface area contributed by atoms with Gasteiger partial charge in [-0.1, -0.05) is 30.3 Å². The molecule has 0 spiro atoms. The van der Waals surface area contributed by atoms with Crippen LogP contribution in [-0.4, -0.2) is 36.8 Å². The van der Waals surface area contributed by atoms with E-state index in [1.54, 1.807) is 12.1 Å². The van der Waals surface area contributed by atoms with Gasteiger partial charge in [0.1, 0.15) is 5.92 Å². The van der Waals surface area contributed by atoms with E-state index in [0.29, 0.717) is 17.9 Å². The molecular formula is C19H19N3O4. The summed E-state index contributed by atoms with van der Waals surface area (Å²) in [5.74, 6) is -1.53. The SMILES string of the molecule is COc1ccc(C=NNC(=O)[C@H]2C(=O)NC[C@H]2c2ccccc2)cc1O. The van der Waals surface area contributed by atoms with E-state index in [2.05, 4.69) is 15.8 Å². The minimum atomic E-state index is -0.834. The molecule has 7 heteroatoms. The summed E-state index contributed by atoms with van der Waals surface area (Å²) in [6.45, 7) is 0.414. The Kier molecular flexibility index (Phi) is 5.17. The first-order valence-electron chi connectivity index (χ1n) is 8.12. The molecular weight excluding hydrogens is 334 g/mol. The summed E-state index contributed by atoms with van der Waals surface area (Å²) in [6.07, 6.45) is 1.39. The number of amides is 2. The number of phenolic OH excluding ortho intramolecular Hbond substituents is 1. The maximum absolute atomic E-state index is 12.4. The highest BCUT2D eigenvalue weighted by molar-refractivity contribution is 6.03. The van der Waals surface area contributed by atoms with Crippen molar-refractivity contribution in [3.63, 3.8) is 0 Å². The number of rotatable bonds is 5. The van der Waals surface area contributed by atoms with E-state index in [1.165, 1.54) is 19.4 Å². The Bertz CT molecular complexity index is 836. The molecule has 2 aromatic carbocycles. The molecule has 0 unspecified atom stereocenters. The normalized spacial score (nSPS) is 19.3. The van der Waals surface area contributed by atoms with Crippen LogP contribution < -0.4 is 15.5 Å². The van der Waals surface area contributed by atoms with Gasteiger partial charge in [0, 0.05) is 12.5 Å². The zero-order chi connectivity index (χ0) is 18.5. The fraction of sp³-hybridized carbons (Fsp3) is 0.211. The van der Waals surface area contributed by atoms with Crippen LogP contribution in [0.15, 0.2) is 53.6 Å². The van der Waals surface area contributed by atoms with Gasteiger partial charge in [0.05, 0.1) is 13.3 Å². The van der Waals surface area contributed by atoms with Crippen molar-refractivity contribution in [2.75, 3.05) is 13.7 Å². The molecule has 1 aliphatic rings. The highest BCUT2D eigenvalue weighted by Crippen LogP contribution is 2.29. The standard InChI is InChI=1S/C19H19N3O4/c1-26-16-8-7-12(9-15(16)23)10-21-22-19(25)17-14(11-20-18(17)24)13-5-3-2-4-6-13/h2-10,14,17,23H,11H2,1H3,(H,20,24)(H,22,25)/t14-,17+/m0/s1. The zero-order valence-corrected chi connectivity index (χ0v) is 14.2. The van der Waals surface area contributed by atoms with Crippen molar-refractivity contribution >= 4 is 18.0 Å². The van der Waals surface area contributed by atoms with Crippen LogP contribution >= 0.6 is 0 Å². The summed E-state index contributed by atoms with van der Waals surface area (Å²) >= 11 is 0. The van der Waals surface area contributed by atoms with Crippen LogP contribution in [0, 0.1) is 5.92 Å². The summed E-state index contributed by atoms with van der Waals surface area (Å²) in [4.78, 5) is 24.5. The van der Waals surface area contributed by atoms with Crippen LogP contribution in [0.3, 0.4) is 0 Å². The number of benzene rings is 2. The number of carbonyl (C=O) groups excluding carboxylic acids is 2. The second-order valence-electron chi connectivity index (χ2n) is 5.91. The molecule has 0 aromatic heterocycles. The number of hydrogen-bond donors (Lipinski definition) is 3. The van der Waals surface area contributed by atoms with Gasteiger partial charge in [-0.2, -0.15) is 5.10 Å². The summed E-state index contributed by atoms with van der Waals surface area (Å²) in [7, 11) is 1.46. The molecule has 7 nitrogen and oxygen atoms in total. The largest absolute Gasteiger partial charge is 0.504 e. The molecule has 26 heavy (non-hydrogen) atoms. The molecule has 3 N–H and O–H groups in total. The van der Waals surface area contributed by atoms with E-state index in [-0.39, 0.29) is 17.6 Å². The van der Waals surface area contributed by atoms with E-state index in [1.807, 2.05) is 30.3 Å². The lowest BCUT2D eigenvalue weighted by atomic mass is 9.88. The Labute approximate surface area is 150 Å². The molecule has 134 valence electrons. The molecule has 0 aliphatic carbocycles. The number of hydrazone groups is 1. The summed E-state index contributed by atoms with van der Waals surface area (Å²) in [6, 6.07) is 14.2. The maximum atomic E-state index is 12.4. The fourth-order valence-corrected chi connectivity index (χ4v) is 2.96. The van der Waals surface area contributed by atoms with Gasteiger partial charge in [-0.25, -0.2) is 5.43 Å². The van der Waals surface area contributed by atoms with Crippen molar-refractivity contribution in [3.05, 3.63) is 59.7 Å². The summed E-state index contributed by atoms with van der Waals surface area (Å²) in [5.41, 5.74) is 3.92. The van der Waals surface area contributed by atoms with Gasteiger partial charge < -0.3 is 15.2 Å². The lowest BCUT2D eigenvalue weighted by molar-refractivity contribution is -0.133. The van der Waals surface area contributed by atoms with Crippen LogP contribution in [0.4, 0.5) is 0 Å². The number of aromatic hydroxyl groups is 1. The Morgan fingerprint density at radius 2 is 2.08 bits per heavy atom. The van der Waals surface area contributed by atoms with Gasteiger partial charge >= 0.3 is 0 Å². The van der Waals surface area contributed by atoms with Gasteiger partial charge in [0.25, 0.3) is 5.91 Å². The monoisotopic (exact) mass is 353 g/mol. The first-order valence-corrected chi connectivity index (χ1v) is 8.12. The molecule has 0 bridgehead atoms. The summed E-state index contributed by atoms with van der Waals surface area (Å²) in [5, 5.41) is 16.4. The second-order valence-corrected chi connectivity index (χ2v) is 5.91. The molecule has 2 aromatic rings. The van der Waals surface area contributed by atoms with Gasteiger partial charge in [-0.05, 0) is 29.3 Å². The number of methoxy groups -OCH3 is 1. The number of phenols is 1. The number of hydrogen-bond acceptors (Lipinski definition) is 5. The molecule has 0 saturated carbocycles. The van der Waals surface area contributed by atoms with Crippen molar-refractivity contribution in [2.24, 2.45) is 11.0 Å². The van der Waals surface area contributed by atoms with Crippen LogP contribution in [-0.2, 0) is 9.59 Å². The second kappa shape index (κ2) is 7.69. The average molecular weight is 353 g/mol. The zero-order valence-electron chi connectivity index (χ0n) is 14.2. The van der Waals surface area contributed by atoms with Gasteiger partial charge in [0.2, 0.25) is 5.91 Å². The van der Waals surface area contributed by atoms with Crippen molar-refractivity contribution in [1.82, 2.24) is 10.7 Å². The van der Waals surface area contributed by atoms with Crippen LogP contribution in [0.25, 0.3) is 0 Å². The quantitative estimate of drug-likeness (QED) is 0.429. The first kappa shape index (κ1) is 17.5. The Hall–Kier alpha value is -3.35. The van der Waals surface area contributed by atoms with Crippen molar-refractivity contribution in [2.45, 2.75) is 5.92 Å². The molecule has 1 fully saturated rings. The summed E-state index contributed by atoms with van der Waals surface area (Å²) < 4.78 is 4.97. The Morgan fingerprint density at radius 3 is 2.77 bits per heavy atom. The fourth-order valence-electron chi connectivity index (χ4n) is 2.96. The molecule has 1 heterocycles. The number of carbonyl (C=O) groups is 2. The van der Waals surface area contributed by atoms with Gasteiger partial charge in [-0.3, -0.25) is 9.59 Å². The highest BCUT2D eigenvalue weighted by Gasteiger charge is 2.40. The van der Waals surface area contributed by atoms with Crippen LogP contribution in [0.2, 0.25) is 0 Å². The van der Waals surface area contributed by atoms with Gasteiger partial charge in [-0.15, -0.1) is 0 Å². The van der Waals surface area contributed by atoms with E-state index in [4.69, 9.17) is 4.74 Å². The Balaban J connectivity index is 1.68. The van der Waals surface area contributed by atoms with Crippen LogP contribution in [0.1, 0.15) is 17.0 Å². The minimum Gasteiger partial charge on any atom is -0.504 e. The Morgan fingerprint density at radius 1 is 1.31 bits per heavy atom. The topological polar surface area (TPSA) is 100 Å². The van der Waals surface area contributed by atoms with E-state index in [9.17, 15) is 14.7 Å². The number of nitrogens with one attached hydrogen (secondary N) is 2. The highest BCUT2D eigenvalue weighted by atomic mass is 16.5. The van der Waals surface area contributed by atoms with E-state index < -0.39 is 11.8 Å². The van der Waals surface area contributed by atoms with E-state index in [0.717, 1.165) is 5.56 Å². The lowest BCUT2D eigenvalue weighted by Gasteiger charge is -2.15. The average Bonchev–Trinajstić information content (AvgIpc) is 3.04. The predicted octanol–water partition coefficient (Wildman–Crippen LogP) is 1.38. The molecule has 2 atom stereocenters. The van der Waals surface area contributed by atoms with Crippen LogP contribution in [0.5, 0.6) is 11.5 Å². The minimum absolute atomic E-state index is 0.0258. The molecule has 1 saturated heterocycles. The van der Waals surface area contributed by atoms with E-state index >= 15 is 0 Å². The third-order valence-corrected chi connectivity index (χ3v) is 4.28. The molecule has 1 aliphatic heterocycles. The third kappa shape index (κ3) is 3.66. The molecule has 2 amide bonds. The van der Waals surface area contributed by atoms with Crippen molar-refractivity contribution in [1.29, 1.82) is 0 Å². The number of ether oxygens (including phenoxy) is 1. The smallest absolute Gasteiger partial charge is 0.253 e.